The van der Waals surface area contributed by atoms with Crippen LogP contribution in [0.2, 0.25) is 5.02 Å². The fraction of sp³-hybridized carbons (Fsp3) is 0.227. The van der Waals surface area contributed by atoms with E-state index in [2.05, 4.69) is 37.3 Å². The quantitative estimate of drug-likeness (QED) is 0.513. The van der Waals surface area contributed by atoms with Crippen molar-refractivity contribution in [2.24, 2.45) is 0 Å². The van der Waals surface area contributed by atoms with Gasteiger partial charge in [-0.2, -0.15) is 0 Å². The molecule has 29 heavy (non-hydrogen) atoms. The highest BCUT2D eigenvalue weighted by Crippen LogP contribution is 2.32. The van der Waals surface area contributed by atoms with Gasteiger partial charge < -0.3 is 15.2 Å². The molecule has 1 aromatic carbocycles. The molecule has 7 heteroatoms. The summed E-state index contributed by atoms with van der Waals surface area (Å²) in [5.41, 5.74) is 2.78. The summed E-state index contributed by atoms with van der Waals surface area (Å²) in [6, 6.07) is 14.4. The molecule has 3 aromatic heterocycles. The van der Waals surface area contributed by atoms with E-state index < -0.39 is 0 Å². The van der Waals surface area contributed by atoms with Crippen molar-refractivity contribution in [3.05, 3.63) is 66.1 Å². The first-order valence-corrected chi connectivity index (χ1v) is 10.2. The van der Waals surface area contributed by atoms with Crippen LogP contribution in [-0.2, 0) is 0 Å². The number of fused-ring (bicyclic) bond motifs is 1. The third-order valence-electron chi connectivity index (χ3n) is 5.32. The van der Waals surface area contributed by atoms with Crippen LogP contribution in [0.25, 0.3) is 22.2 Å². The minimum absolute atomic E-state index is 0.253. The SMILES string of the molecule is Clc1cnc(NC2CCCN(c3ccccn3)C2)nc1-c1c[nH]c2ccccc12. The number of aromatic amines is 1. The van der Waals surface area contributed by atoms with Crippen LogP contribution in [0.5, 0.6) is 0 Å². The third-order valence-corrected chi connectivity index (χ3v) is 5.59. The standard InChI is InChI=1S/C22H21ClN6/c23-18-13-26-22(28-21(18)17-12-25-19-8-2-1-7-16(17)19)27-15-6-5-11-29(14-15)20-9-3-4-10-24-20/h1-4,7-10,12-13,15,25H,5-6,11,14H2,(H,26,27,28). The molecule has 0 spiro atoms. The lowest BCUT2D eigenvalue weighted by atomic mass is 10.1. The van der Waals surface area contributed by atoms with E-state index in [9.17, 15) is 0 Å². The number of H-pyrrole nitrogens is 1. The Morgan fingerprint density at radius 1 is 1.10 bits per heavy atom. The molecule has 1 unspecified atom stereocenters. The predicted molar refractivity (Wildman–Crippen MR) is 117 cm³/mol. The lowest BCUT2D eigenvalue weighted by Crippen LogP contribution is -2.42. The second kappa shape index (κ2) is 7.72. The molecule has 5 rings (SSSR count). The Morgan fingerprint density at radius 2 is 2.00 bits per heavy atom. The Bertz CT molecular complexity index is 1130. The van der Waals surface area contributed by atoms with Crippen molar-refractivity contribution in [3.8, 4) is 11.3 Å². The maximum atomic E-state index is 6.45. The smallest absolute Gasteiger partial charge is 0.223 e. The topological polar surface area (TPSA) is 69.7 Å². The van der Waals surface area contributed by atoms with Crippen molar-refractivity contribution in [1.29, 1.82) is 0 Å². The molecule has 0 saturated carbocycles. The van der Waals surface area contributed by atoms with Crippen molar-refractivity contribution >= 4 is 34.3 Å². The van der Waals surface area contributed by atoms with Gasteiger partial charge in [-0.15, -0.1) is 0 Å². The van der Waals surface area contributed by atoms with E-state index in [1.165, 1.54) is 0 Å². The van der Waals surface area contributed by atoms with Gasteiger partial charge in [0, 0.05) is 48.0 Å². The zero-order chi connectivity index (χ0) is 19.6. The molecular formula is C22H21ClN6. The van der Waals surface area contributed by atoms with Crippen LogP contribution in [0.3, 0.4) is 0 Å². The molecule has 1 atom stereocenters. The molecule has 1 fully saturated rings. The largest absolute Gasteiger partial charge is 0.360 e. The summed E-state index contributed by atoms with van der Waals surface area (Å²) < 4.78 is 0. The Hall–Kier alpha value is -3.12. The molecule has 1 aliphatic rings. The second-order valence-corrected chi connectivity index (χ2v) is 7.66. The maximum Gasteiger partial charge on any atom is 0.223 e. The highest BCUT2D eigenvalue weighted by atomic mass is 35.5. The molecule has 6 nitrogen and oxygen atoms in total. The maximum absolute atomic E-state index is 6.45. The lowest BCUT2D eigenvalue weighted by molar-refractivity contribution is 0.524. The number of benzene rings is 1. The van der Waals surface area contributed by atoms with Crippen LogP contribution in [0.1, 0.15) is 12.8 Å². The van der Waals surface area contributed by atoms with Crippen LogP contribution < -0.4 is 10.2 Å². The molecule has 146 valence electrons. The normalized spacial score (nSPS) is 16.9. The first-order chi connectivity index (χ1) is 14.3. The molecular weight excluding hydrogens is 384 g/mol. The number of nitrogens with zero attached hydrogens (tertiary/aromatic N) is 4. The minimum atomic E-state index is 0.253. The number of aromatic nitrogens is 4. The third kappa shape index (κ3) is 3.63. The van der Waals surface area contributed by atoms with Crippen molar-refractivity contribution in [2.45, 2.75) is 18.9 Å². The summed E-state index contributed by atoms with van der Waals surface area (Å²) in [7, 11) is 0. The number of pyridine rings is 1. The zero-order valence-corrected chi connectivity index (χ0v) is 16.6. The van der Waals surface area contributed by atoms with Crippen molar-refractivity contribution < 1.29 is 0 Å². The summed E-state index contributed by atoms with van der Waals surface area (Å²) in [6.45, 7) is 1.88. The van der Waals surface area contributed by atoms with E-state index in [0.29, 0.717) is 11.0 Å². The second-order valence-electron chi connectivity index (χ2n) is 7.26. The Labute approximate surface area is 174 Å². The molecule has 0 aliphatic carbocycles. The summed E-state index contributed by atoms with van der Waals surface area (Å²) in [4.78, 5) is 19.2. The van der Waals surface area contributed by atoms with Gasteiger partial charge in [0.2, 0.25) is 5.95 Å². The minimum Gasteiger partial charge on any atom is -0.360 e. The van der Waals surface area contributed by atoms with Crippen LogP contribution in [0.4, 0.5) is 11.8 Å². The lowest BCUT2D eigenvalue weighted by Gasteiger charge is -2.34. The first-order valence-electron chi connectivity index (χ1n) is 9.79. The van der Waals surface area contributed by atoms with Crippen LogP contribution >= 0.6 is 11.6 Å². The average molecular weight is 405 g/mol. The summed E-state index contributed by atoms with van der Waals surface area (Å²) in [6.07, 6.45) is 7.62. The average Bonchev–Trinajstić information content (AvgIpc) is 3.20. The van der Waals surface area contributed by atoms with Crippen molar-refractivity contribution in [3.63, 3.8) is 0 Å². The fourth-order valence-corrected chi connectivity index (χ4v) is 4.11. The number of halogens is 1. The van der Waals surface area contributed by atoms with E-state index >= 15 is 0 Å². The molecule has 0 bridgehead atoms. The number of para-hydroxylation sites is 1. The van der Waals surface area contributed by atoms with E-state index in [4.69, 9.17) is 16.6 Å². The number of hydrogen-bond acceptors (Lipinski definition) is 5. The molecule has 2 N–H and O–H groups in total. The van der Waals surface area contributed by atoms with Gasteiger partial charge in [0.15, 0.2) is 0 Å². The van der Waals surface area contributed by atoms with E-state index in [1.54, 1.807) is 6.20 Å². The Kier molecular flexibility index (Phi) is 4.77. The predicted octanol–water partition coefficient (Wildman–Crippen LogP) is 4.75. The van der Waals surface area contributed by atoms with Gasteiger partial charge in [0.25, 0.3) is 0 Å². The first kappa shape index (κ1) is 17.9. The molecule has 0 radical (unpaired) electrons. The van der Waals surface area contributed by atoms with Gasteiger partial charge >= 0.3 is 0 Å². The summed E-state index contributed by atoms with van der Waals surface area (Å²) in [5, 5.41) is 5.13. The van der Waals surface area contributed by atoms with Gasteiger partial charge in [0.05, 0.1) is 16.9 Å². The van der Waals surface area contributed by atoms with Crippen LogP contribution in [-0.4, -0.2) is 39.1 Å². The number of rotatable bonds is 4. The number of anilines is 2. The molecule has 1 saturated heterocycles. The fourth-order valence-electron chi connectivity index (χ4n) is 3.92. The summed E-state index contributed by atoms with van der Waals surface area (Å²) in [5.74, 6) is 1.61. The summed E-state index contributed by atoms with van der Waals surface area (Å²) >= 11 is 6.45. The Morgan fingerprint density at radius 3 is 2.90 bits per heavy atom. The van der Waals surface area contributed by atoms with Gasteiger partial charge in [-0.3, -0.25) is 0 Å². The monoisotopic (exact) mass is 404 g/mol. The number of hydrogen-bond donors (Lipinski definition) is 2. The Balaban J connectivity index is 1.39. The molecule has 4 heterocycles. The van der Waals surface area contributed by atoms with Crippen molar-refractivity contribution in [2.75, 3.05) is 23.3 Å². The van der Waals surface area contributed by atoms with E-state index in [-0.39, 0.29) is 6.04 Å². The molecule has 1 aliphatic heterocycles. The van der Waals surface area contributed by atoms with Gasteiger partial charge in [-0.1, -0.05) is 35.9 Å². The molecule has 0 amide bonds. The van der Waals surface area contributed by atoms with Gasteiger partial charge in [-0.25, -0.2) is 15.0 Å². The highest BCUT2D eigenvalue weighted by Gasteiger charge is 2.22. The zero-order valence-electron chi connectivity index (χ0n) is 15.8. The van der Waals surface area contributed by atoms with Crippen molar-refractivity contribution in [1.82, 2.24) is 19.9 Å². The van der Waals surface area contributed by atoms with E-state index in [1.807, 2.05) is 42.7 Å². The number of nitrogens with one attached hydrogen (secondary N) is 2. The van der Waals surface area contributed by atoms with Crippen LogP contribution in [0, 0.1) is 0 Å². The highest BCUT2D eigenvalue weighted by molar-refractivity contribution is 6.33. The van der Waals surface area contributed by atoms with E-state index in [0.717, 1.165) is 53.9 Å². The molecule has 4 aromatic rings. The van der Waals surface area contributed by atoms with Gasteiger partial charge in [0.1, 0.15) is 5.82 Å². The van der Waals surface area contributed by atoms with Gasteiger partial charge in [-0.05, 0) is 31.0 Å². The van der Waals surface area contributed by atoms with Crippen LogP contribution in [0.15, 0.2) is 61.1 Å². The number of piperidine rings is 1.